The molecule has 0 saturated carbocycles. The molecule has 0 aromatic rings. The fourth-order valence-electron chi connectivity index (χ4n) is 1.79. The maximum atomic E-state index is 12.3. The summed E-state index contributed by atoms with van der Waals surface area (Å²) >= 11 is 0. The Morgan fingerprint density at radius 2 is 1.44 bits per heavy atom. The molecule has 0 aliphatic carbocycles. The summed E-state index contributed by atoms with van der Waals surface area (Å²) in [5.41, 5.74) is 2.54. The lowest BCUT2D eigenvalue weighted by Gasteiger charge is -2.31. The van der Waals surface area contributed by atoms with Crippen molar-refractivity contribution in [3.8, 4) is 0 Å². The first-order valence-electron chi connectivity index (χ1n) is 8.22. The van der Waals surface area contributed by atoms with E-state index >= 15 is 0 Å². The molecule has 0 aliphatic heterocycles. The minimum absolute atomic E-state index is 0.105. The van der Waals surface area contributed by atoms with Crippen molar-refractivity contribution < 1.29 is 19.2 Å². The largest absolute Gasteiger partial charge is 0.347 e. The fourth-order valence-corrected chi connectivity index (χ4v) is 1.79. The molecule has 0 heterocycles. The Kier molecular flexibility index (Phi) is 7.47. The van der Waals surface area contributed by atoms with Crippen molar-refractivity contribution in [1.29, 1.82) is 0 Å². The zero-order valence-electron chi connectivity index (χ0n) is 16.5. The van der Waals surface area contributed by atoms with Gasteiger partial charge in [-0.2, -0.15) is 0 Å². The Bertz CT molecular complexity index is 547. The molecule has 0 saturated heterocycles. The van der Waals surface area contributed by atoms with Gasteiger partial charge in [-0.05, 0) is 55.4 Å². The van der Waals surface area contributed by atoms with E-state index in [9.17, 15) is 19.2 Å². The van der Waals surface area contributed by atoms with Crippen LogP contribution in [0.2, 0.25) is 0 Å². The van der Waals surface area contributed by atoms with E-state index in [0.29, 0.717) is 0 Å². The van der Waals surface area contributed by atoms with Crippen molar-refractivity contribution in [2.45, 2.75) is 78.0 Å². The second-order valence-corrected chi connectivity index (χ2v) is 7.99. The molecule has 0 aliphatic rings. The Morgan fingerprint density at radius 1 is 0.960 bits per heavy atom. The molecule has 0 aromatic carbocycles. The molecule has 0 aromatic heterocycles. The number of nitrogens with two attached hydrogens (primary N) is 1. The van der Waals surface area contributed by atoms with E-state index < -0.39 is 34.5 Å². The van der Waals surface area contributed by atoms with Crippen molar-refractivity contribution in [2.75, 3.05) is 6.54 Å². The molecule has 2 amide bonds. The molecule has 0 spiro atoms. The van der Waals surface area contributed by atoms with E-state index in [1.807, 2.05) is 0 Å². The number of nitrogens with one attached hydrogen (secondary N) is 3. The zero-order valence-corrected chi connectivity index (χ0v) is 16.5. The van der Waals surface area contributed by atoms with Gasteiger partial charge in [-0.15, -0.1) is 0 Å². The van der Waals surface area contributed by atoms with Crippen LogP contribution in [0.25, 0.3) is 0 Å². The third-order valence-electron chi connectivity index (χ3n) is 3.98. The smallest absolute Gasteiger partial charge is 0.245 e. The SMILES string of the molecule is CC(=O)C(C)(C)NC(C)C(=O)NC(C)(C)C(=O)NCC(=O)C(C)(C)N. The van der Waals surface area contributed by atoms with Gasteiger partial charge in [0.1, 0.15) is 11.3 Å². The summed E-state index contributed by atoms with van der Waals surface area (Å²) in [5, 5.41) is 8.02. The highest BCUT2D eigenvalue weighted by atomic mass is 16.2. The lowest BCUT2D eigenvalue weighted by Crippen LogP contribution is -2.61. The van der Waals surface area contributed by atoms with E-state index in [1.165, 1.54) is 20.8 Å². The molecule has 5 N–H and O–H groups in total. The van der Waals surface area contributed by atoms with Crippen molar-refractivity contribution in [2.24, 2.45) is 5.73 Å². The van der Waals surface area contributed by atoms with Gasteiger partial charge in [-0.25, -0.2) is 0 Å². The van der Waals surface area contributed by atoms with Crippen LogP contribution in [-0.2, 0) is 19.2 Å². The first kappa shape index (κ1) is 23.2. The van der Waals surface area contributed by atoms with Crippen LogP contribution in [0.3, 0.4) is 0 Å². The zero-order chi connectivity index (χ0) is 20.2. The van der Waals surface area contributed by atoms with E-state index in [-0.39, 0.29) is 18.1 Å². The second kappa shape index (κ2) is 8.05. The van der Waals surface area contributed by atoms with E-state index in [4.69, 9.17) is 5.73 Å². The third-order valence-corrected chi connectivity index (χ3v) is 3.98. The van der Waals surface area contributed by atoms with Crippen molar-refractivity contribution in [3.63, 3.8) is 0 Å². The first-order chi connectivity index (χ1) is 11.0. The van der Waals surface area contributed by atoms with Crippen LogP contribution < -0.4 is 21.7 Å². The molecule has 25 heavy (non-hydrogen) atoms. The number of carbonyl (C=O) groups is 4. The lowest BCUT2D eigenvalue weighted by molar-refractivity contribution is -0.134. The highest BCUT2D eigenvalue weighted by molar-refractivity contribution is 5.96. The minimum Gasteiger partial charge on any atom is -0.347 e. The number of hydrogen-bond donors (Lipinski definition) is 4. The number of carbonyl (C=O) groups excluding carboxylic acids is 4. The molecule has 1 unspecified atom stereocenters. The summed E-state index contributed by atoms with van der Waals surface area (Å²) in [7, 11) is 0. The maximum Gasteiger partial charge on any atom is 0.245 e. The molecular formula is C17H32N4O4. The Hall–Kier alpha value is -1.80. The second-order valence-electron chi connectivity index (χ2n) is 7.99. The summed E-state index contributed by atoms with van der Waals surface area (Å²) in [6.45, 7) is 12.3. The molecule has 8 heteroatoms. The van der Waals surface area contributed by atoms with Gasteiger partial charge in [0.25, 0.3) is 0 Å². The predicted molar refractivity (Wildman–Crippen MR) is 95.9 cm³/mol. The number of amides is 2. The van der Waals surface area contributed by atoms with Gasteiger partial charge in [0.2, 0.25) is 11.8 Å². The molecule has 0 rings (SSSR count). The summed E-state index contributed by atoms with van der Waals surface area (Å²) in [6, 6.07) is -0.685. The fraction of sp³-hybridized carbons (Fsp3) is 0.765. The Labute approximate surface area is 149 Å². The molecule has 0 radical (unpaired) electrons. The highest BCUT2D eigenvalue weighted by Crippen LogP contribution is 2.08. The number of hydrogen-bond acceptors (Lipinski definition) is 6. The number of Topliss-reactive ketones (excluding diaryl/α,β-unsaturated/α-hetero) is 2. The van der Waals surface area contributed by atoms with Crippen LogP contribution in [0.4, 0.5) is 0 Å². The summed E-state index contributed by atoms with van der Waals surface area (Å²) in [4.78, 5) is 47.9. The van der Waals surface area contributed by atoms with Gasteiger partial charge in [-0.3, -0.25) is 24.5 Å². The Balaban J connectivity index is 4.78. The molecule has 0 fully saturated rings. The van der Waals surface area contributed by atoms with Crippen molar-refractivity contribution in [3.05, 3.63) is 0 Å². The van der Waals surface area contributed by atoms with Crippen LogP contribution in [-0.4, -0.2) is 52.6 Å². The minimum atomic E-state index is -1.23. The Morgan fingerprint density at radius 3 is 1.84 bits per heavy atom. The quantitative estimate of drug-likeness (QED) is 0.447. The first-order valence-corrected chi connectivity index (χ1v) is 8.22. The molecule has 0 bridgehead atoms. The van der Waals surface area contributed by atoms with Crippen LogP contribution in [0.1, 0.15) is 55.4 Å². The van der Waals surface area contributed by atoms with Gasteiger partial charge in [-0.1, -0.05) is 0 Å². The van der Waals surface area contributed by atoms with Gasteiger partial charge in [0.15, 0.2) is 5.78 Å². The summed E-state index contributed by atoms with van der Waals surface area (Å²) in [6.07, 6.45) is 0. The summed E-state index contributed by atoms with van der Waals surface area (Å²) < 4.78 is 0. The maximum absolute atomic E-state index is 12.3. The van der Waals surface area contributed by atoms with Gasteiger partial charge in [0.05, 0.1) is 23.7 Å². The van der Waals surface area contributed by atoms with Gasteiger partial charge < -0.3 is 16.4 Å². The van der Waals surface area contributed by atoms with Crippen molar-refractivity contribution in [1.82, 2.24) is 16.0 Å². The van der Waals surface area contributed by atoms with E-state index in [0.717, 1.165) is 0 Å². The molecule has 144 valence electrons. The summed E-state index contributed by atoms with van der Waals surface area (Å²) in [5.74, 6) is -1.36. The average Bonchev–Trinajstić information content (AvgIpc) is 2.41. The van der Waals surface area contributed by atoms with Gasteiger partial charge in [0, 0.05) is 0 Å². The van der Waals surface area contributed by atoms with Crippen LogP contribution in [0.5, 0.6) is 0 Å². The van der Waals surface area contributed by atoms with Gasteiger partial charge >= 0.3 is 0 Å². The standard InChI is InChI=1S/C17H32N4O4/c1-10(20-16(5,6)11(2)22)13(24)21-17(7,8)14(25)19-9-12(23)15(3,4)18/h10,20H,9,18H2,1-8H3,(H,19,25)(H,21,24). The number of ketones is 2. The predicted octanol–water partition coefficient (Wildman–Crippen LogP) is -0.350. The highest BCUT2D eigenvalue weighted by Gasteiger charge is 2.34. The monoisotopic (exact) mass is 356 g/mol. The molecule has 8 nitrogen and oxygen atoms in total. The molecule has 1 atom stereocenters. The van der Waals surface area contributed by atoms with E-state index in [1.54, 1.807) is 34.6 Å². The van der Waals surface area contributed by atoms with E-state index in [2.05, 4.69) is 16.0 Å². The average molecular weight is 356 g/mol. The van der Waals surface area contributed by atoms with Crippen LogP contribution in [0, 0.1) is 0 Å². The van der Waals surface area contributed by atoms with Crippen LogP contribution >= 0.6 is 0 Å². The van der Waals surface area contributed by atoms with Crippen molar-refractivity contribution >= 4 is 23.4 Å². The lowest BCUT2D eigenvalue weighted by atomic mass is 9.98. The number of rotatable bonds is 9. The normalized spacial score (nSPS) is 13.8. The van der Waals surface area contributed by atoms with Crippen LogP contribution in [0.15, 0.2) is 0 Å². The topological polar surface area (TPSA) is 130 Å². The molecular weight excluding hydrogens is 324 g/mol. The third kappa shape index (κ3) is 7.31.